The van der Waals surface area contributed by atoms with Crippen molar-refractivity contribution in [2.24, 2.45) is 5.92 Å². The summed E-state index contributed by atoms with van der Waals surface area (Å²) in [6.07, 6.45) is 0.930. The van der Waals surface area contributed by atoms with Crippen LogP contribution in [0.5, 0.6) is 0 Å². The Balaban J connectivity index is 2.43. The molecule has 0 bridgehead atoms. The number of hydrogen-bond acceptors (Lipinski definition) is 2. The third-order valence-electron chi connectivity index (χ3n) is 2.36. The molecule has 0 aliphatic rings. The summed E-state index contributed by atoms with van der Waals surface area (Å²) >= 11 is 4.99. The van der Waals surface area contributed by atoms with Gasteiger partial charge >= 0.3 is 0 Å². The average molecular weight is 287 g/mol. The standard InChI is InChI=1S/C12H15BrOS/c1-3-9(2)12(14)8-15-11-6-4-10(13)5-7-11/h4-7,9H,3,8H2,1-2H3. The Kier molecular flexibility index (Phi) is 5.40. The molecule has 0 aromatic heterocycles. The van der Waals surface area contributed by atoms with Crippen molar-refractivity contribution in [3.8, 4) is 0 Å². The summed E-state index contributed by atoms with van der Waals surface area (Å²) < 4.78 is 1.07. The summed E-state index contributed by atoms with van der Waals surface area (Å²) in [4.78, 5) is 12.7. The van der Waals surface area contributed by atoms with Crippen LogP contribution in [0.2, 0.25) is 0 Å². The van der Waals surface area contributed by atoms with E-state index in [0.717, 1.165) is 15.8 Å². The molecule has 0 spiro atoms. The van der Waals surface area contributed by atoms with E-state index >= 15 is 0 Å². The van der Waals surface area contributed by atoms with Crippen LogP contribution in [0.25, 0.3) is 0 Å². The highest BCUT2D eigenvalue weighted by atomic mass is 79.9. The first-order chi connectivity index (χ1) is 7.13. The molecule has 0 saturated heterocycles. The summed E-state index contributed by atoms with van der Waals surface area (Å²) in [5.74, 6) is 1.11. The molecule has 0 N–H and O–H groups in total. The lowest BCUT2D eigenvalue weighted by molar-refractivity contribution is -0.119. The molecule has 1 nitrogen and oxygen atoms in total. The van der Waals surface area contributed by atoms with Gasteiger partial charge in [0.2, 0.25) is 0 Å². The minimum atomic E-state index is 0.188. The number of benzene rings is 1. The van der Waals surface area contributed by atoms with E-state index in [1.165, 1.54) is 0 Å². The molecule has 3 heteroatoms. The van der Waals surface area contributed by atoms with Gasteiger partial charge in [-0.15, -0.1) is 11.8 Å². The quantitative estimate of drug-likeness (QED) is 0.756. The molecule has 1 unspecified atom stereocenters. The highest BCUT2D eigenvalue weighted by Gasteiger charge is 2.10. The van der Waals surface area contributed by atoms with Crippen molar-refractivity contribution in [3.05, 3.63) is 28.7 Å². The van der Waals surface area contributed by atoms with Crippen molar-refractivity contribution in [1.82, 2.24) is 0 Å². The minimum Gasteiger partial charge on any atom is -0.298 e. The summed E-state index contributed by atoms with van der Waals surface area (Å²) in [6, 6.07) is 8.05. The topological polar surface area (TPSA) is 17.1 Å². The summed E-state index contributed by atoms with van der Waals surface area (Å²) in [7, 11) is 0. The fraction of sp³-hybridized carbons (Fsp3) is 0.417. The molecule has 1 rings (SSSR count). The number of thioether (sulfide) groups is 1. The molecule has 0 aliphatic carbocycles. The Morgan fingerprint density at radius 2 is 2.00 bits per heavy atom. The van der Waals surface area contributed by atoms with E-state index in [1.807, 2.05) is 38.1 Å². The maximum absolute atomic E-state index is 11.6. The van der Waals surface area contributed by atoms with Crippen molar-refractivity contribution in [3.63, 3.8) is 0 Å². The van der Waals surface area contributed by atoms with Gasteiger partial charge in [-0.25, -0.2) is 0 Å². The molecule has 1 atom stereocenters. The summed E-state index contributed by atoms with van der Waals surface area (Å²) in [6.45, 7) is 4.04. The number of ketones is 1. The van der Waals surface area contributed by atoms with Gasteiger partial charge in [-0.3, -0.25) is 4.79 Å². The number of halogens is 1. The van der Waals surface area contributed by atoms with Crippen LogP contribution >= 0.6 is 27.7 Å². The fourth-order valence-electron chi connectivity index (χ4n) is 1.06. The number of carbonyl (C=O) groups excluding carboxylic acids is 1. The smallest absolute Gasteiger partial charge is 0.145 e. The van der Waals surface area contributed by atoms with Crippen LogP contribution in [0, 0.1) is 5.92 Å². The first-order valence-corrected chi connectivity index (χ1v) is 6.82. The molecule has 0 aliphatic heterocycles. The van der Waals surface area contributed by atoms with Crippen molar-refractivity contribution in [2.45, 2.75) is 25.2 Å². The summed E-state index contributed by atoms with van der Waals surface area (Å²) in [5, 5.41) is 0. The molecule has 1 aromatic rings. The SMILES string of the molecule is CCC(C)C(=O)CSc1ccc(Br)cc1. The van der Waals surface area contributed by atoms with Crippen LogP contribution in [0.1, 0.15) is 20.3 Å². The summed E-state index contributed by atoms with van der Waals surface area (Å²) in [5.41, 5.74) is 0. The van der Waals surface area contributed by atoms with E-state index in [-0.39, 0.29) is 5.92 Å². The Morgan fingerprint density at radius 1 is 1.40 bits per heavy atom. The molecular formula is C12H15BrOS. The highest BCUT2D eigenvalue weighted by Crippen LogP contribution is 2.21. The molecule has 15 heavy (non-hydrogen) atoms. The van der Waals surface area contributed by atoms with Crippen LogP contribution in [-0.2, 0) is 4.79 Å². The second-order valence-corrected chi connectivity index (χ2v) is 5.48. The van der Waals surface area contributed by atoms with Gasteiger partial charge in [-0.2, -0.15) is 0 Å². The molecule has 0 fully saturated rings. The van der Waals surface area contributed by atoms with Gasteiger partial charge in [0.1, 0.15) is 5.78 Å². The van der Waals surface area contributed by atoms with Crippen LogP contribution in [0.15, 0.2) is 33.6 Å². The Morgan fingerprint density at radius 3 is 2.53 bits per heavy atom. The average Bonchev–Trinajstić information content (AvgIpc) is 2.26. The van der Waals surface area contributed by atoms with Gasteiger partial charge in [0, 0.05) is 15.3 Å². The van der Waals surface area contributed by atoms with E-state index in [1.54, 1.807) is 11.8 Å². The van der Waals surface area contributed by atoms with Crippen LogP contribution < -0.4 is 0 Å². The fourth-order valence-corrected chi connectivity index (χ4v) is 2.24. The largest absolute Gasteiger partial charge is 0.298 e. The molecule has 0 saturated carbocycles. The predicted octanol–water partition coefficient (Wildman–Crippen LogP) is 4.16. The van der Waals surface area contributed by atoms with Gasteiger partial charge in [0.05, 0.1) is 5.75 Å². The normalized spacial score (nSPS) is 12.5. The lowest BCUT2D eigenvalue weighted by atomic mass is 10.1. The zero-order valence-corrected chi connectivity index (χ0v) is 11.4. The van der Waals surface area contributed by atoms with Gasteiger partial charge < -0.3 is 0 Å². The maximum atomic E-state index is 11.6. The monoisotopic (exact) mass is 286 g/mol. The zero-order chi connectivity index (χ0) is 11.3. The molecule has 0 amide bonds. The Bertz CT molecular complexity index is 321. The van der Waals surface area contributed by atoms with E-state index in [4.69, 9.17) is 0 Å². The number of Topliss-reactive ketones (excluding diaryl/α,β-unsaturated/α-hetero) is 1. The lowest BCUT2D eigenvalue weighted by Crippen LogP contribution is -2.11. The minimum absolute atomic E-state index is 0.188. The zero-order valence-electron chi connectivity index (χ0n) is 9.00. The van der Waals surface area contributed by atoms with Crippen LogP contribution in [-0.4, -0.2) is 11.5 Å². The predicted molar refractivity (Wildman–Crippen MR) is 69.3 cm³/mol. The first kappa shape index (κ1) is 12.8. The molecule has 0 heterocycles. The van der Waals surface area contributed by atoms with E-state index in [0.29, 0.717) is 11.5 Å². The van der Waals surface area contributed by atoms with Crippen molar-refractivity contribution < 1.29 is 4.79 Å². The van der Waals surface area contributed by atoms with Crippen molar-refractivity contribution >= 4 is 33.5 Å². The van der Waals surface area contributed by atoms with Crippen LogP contribution in [0.3, 0.4) is 0 Å². The Labute approximate surface area is 104 Å². The van der Waals surface area contributed by atoms with E-state index in [2.05, 4.69) is 15.9 Å². The Hall–Kier alpha value is -0.280. The maximum Gasteiger partial charge on any atom is 0.145 e. The number of carbonyl (C=O) groups is 1. The molecule has 82 valence electrons. The van der Waals surface area contributed by atoms with Crippen molar-refractivity contribution in [2.75, 3.05) is 5.75 Å². The van der Waals surface area contributed by atoms with Crippen LogP contribution in [0.4, 0.5) is 0 Å². The highest BCUT2D eigenvalue weighted by molar-refractivity contribution is 9.10. The lowest BCUT2D eigenvalue weighted by Gasteiger charge is -2.06. The van der Waals surface area contributed by atoms with Gasteiger partial charge in [0.25, 0.3) is 0 Å². The van der Waals surface area contributed by atoms with Gasteiger partial charge in [-0.1, -0.05) is 29.8 Å². The van der Waals surface area contributed by atoms with Crippen molar-refractivity contribution in [1.29, 1.82) is 0 Å². The number of hydrogen-bond donors (Lipinski definition) is 0. The third-order valence-corrected chi connectivity index (χ3v) is 3.92. The van der Waals surface area contributed by atoms with E-state index < -0.39 is 0 Å². The second kappa shape index (κ2) is 6.33. The van der Waals surface area contributed by atoms with E-state index in [9.17, 15) is 4.79 Å². The van der Waals surface area contributed by atoms with Gasteiger partial charge in [-0.05, 0) is 30.7 Å². The first-order valence-electron chi connectivity index (χ1n) is 5.04. The molecular weight excluding hydrogens is 272 g/mol. The van der Waals surface area contributed by atoms with Gasteiger partial charge in [0.15, 0.2) is 0 Å². The molecule has 0 radical (unpaired) electrons. The number of rotatable bonds is 5. The third kappa shape index (κ3) is 4.39. The second-order valence-electron chi connectivity index (χ2n) is 3.52. The molecule has 1 aromatic carbocycles.